The fraction of sp³-hybridized carbons (Fsp3) is 0.385. The molecule has 0 aliphatic carbocycles. The number of benzene rings is 1. The molecule has 2 N–H and O–H groups in total. The Morgan fingerprint density at radius 1 is 1.40 bits per heavy atom. The molecule has 0 spiro atoms. The summed E-state index contributed by atoms with van der Waals surface area (Å²) in [6, 6.07) is 5.42. The van der Waals surface area contributed by atoms with Crippen molar-refractivity contribution in [3.05, 3.63) is 29.8 Å². The molecule has 0 saturated heterocycles. The molecule has 1 rings (SSSR count). The molecule has 0 aliphatic rings. The van der Waals surface area contributed by atoms with Crippen LogP contribution in [-0.4, -0.2) is 47.9 Å². The van der Waals surface area contributed by atoms with E-state index in [2.05, 4.69) is 5.32 Å². The smallest absolute Gasteiger partial charge is 0.322 e. The van der Waals surface area contributed by atoms with Crippen LogP contribution >= 0.6 is 0 Å². The molecule has 7 heteroatoms. The van der Waals surface area contributed by atoms with E-state index in [-0.39, 0.29) is 12.3 Å². The topological polar surface area (TPSA) is 69.6 Å². The highest BCUT2D eigenvalue weighted by Crippen LogP contribution is 2.12. The van der Waals surface area contributed by atoms with Crippen LogP contribution in [0.2, 0.25) is 0 Å². The van der Waals surface area contributed by atoms with E-state index >= 15 is 0 Å². The molecule has 1 aromatic carbocycles. The van der Waals surface area contributed by atoms with Crippen LogP contribution in [0, 0.1) is 0 Å². The first-order chi connectivity index (χ1) is 9.43. The Balaban J connectivity index is 2.76. The number of alkyl halides is 2. The number of carbonyl (C=O) groups excluding carboxylic acids is 2. The normalized spacial score (nSPS) is 10.4. The molecule has 0 unspecified atom stereocenters. The van der Waals surface area contributed by atoms with Crippen molar-refractivity contribution in [3.8, 4) is 0 Å². The van der Waals surface area contributed by atoms with Gasteiger partial charge in [0.05, 0.1) is 13.2 Å². The highest BCUT2D eigenvalue weighted by molar-refractivity contribution is 5.96. The van der Waals surface area contributed by atoms with Crippen molar-refractivity contribution in [2.24, 2.45) is 0 Å². The van der Waals surface area contributed by atoms with E-state index in [0.29, 0.717) is 11.3 Å². The molecule has 0 atom stereocenters. The van der Waals surface area contributed by atoms with Crippen molar-refractivity contribution in [2.45, 2.75) is 13.3 Å². The van der Waals surface area contributed by atoms with E-state index in [1.165, 1.54) is 13.0 Å². The van der Waals surface area contributed by atoms with Crippen LogP contribution in [-0.2, 0) is 0 Å². The average molecular weight is 286 g/mol. The maximum absolute atomic E-state index is 12.3. The molecule has 0 heterocycles. The largest absolute Gasteiger partial charge is 0.395 e. The minimum atomic E-state index is -2.68. The van der Waals surface area contributed by atoms with Crippen LogP contribution < -0.4 is 5.32 Å². The van der Waals surface area contributed by atoms with Gasteiger partial charge in [-0.3, -0.25) is 4.79 Å². The second-order valence-corrected chi connectivity index (χ2v) is 4.13. The fourth-order valence-electron chi connectivity index (χ4n) is 1.58. The number of hydrogen-bond donors (Lipinski definition) is 2. The Morgan fingerprint density at radius 2 is 2.10 bits per heavy atom. The average Bonchev–Trinajstić information content (AvgIpc) is 2.38. The van der Waals surface area contributed by atoms with E-state index in [1.54, 1.807) is 18.2 Å². The Morgan fingerprint density at radius 3 is 2.65 bits per heavy atom. The number of ketones is 1. The van der Waals surface area contributed by atoms with Gasteiger partial charge in [-0.05, 0) is 19.1 Å². The minimum absolute atomic E-state index is 0.166. The molecule has 110 valence electrons. The number of Topliss-reactive ketones (excluding diaryl/α,β-unsaturated/α-hetero) is 1. The first-order valence-electron chi connectivity index (χ1n) is 6.00. The fourth-order valence-corrected chi connectivity index (χ4v) is 1.58. The first-order valence-corrected chi connectivity index (χ1v) is 6.00. The summed E-state index contributed by atoms with van der Waals surface area (Å²) in [5.41, 5.74) is 0.741. The molecule has 0 saturated carbocycles. The number of hydrogen-bond acceptors (Lipinski definition) is 3. The van der Waals surface area contributed by atoms with Crippen molar-refractivity contribution in [1.29, 1.82) is 0 Å². The molecular weight excluding hydrogens is 270 g/mol. The van der Waals surface area contributed by atoms with Gasteiger partial charge >= 0.3 is 6.03 Å². The van der Waals surface area contributed by atoms with Crippen LogP contribution in [0.3, 0.4) is 0 Å². The van der Waals surface area contributed by atoms with Crippen molar-refractivity contribution in [2.75, 3.05) is 25.0 Å². The van der Waals surface area contributed by atoms with Crippen molar-refractivity contribution >= 4 is 17.5 Å². The lowest BCUT2D eigenvalue weighted by molar-refractivity contribution is 0.0943. The predicted octanol–water partition coefficient (Wildman–Crippen LogP) is 1.98. The zero-order valence-corrected chi connectivity index (χ0v) is 11.0. The number of aliphatic hydroxyl groups is 1. The monoisotopic (exact) mass is 286 g/mol. The third-order valence-electron chi connectivity index (χ3n) is 2.54. The highest BCUT2D eigenvalue weighted by atomic mass is 19.3. The minimum Gasteiger partial charge on any atom is -0.395 e. The zero-order valence-electron chi connectivity index (χ0n) is 11.0. The Kier molecular flexibility index (Phi) is 6.05. The van der Waals surface area contributed by atoms with Gasteiger partial charge in [-0.15, -0.1) is 0 Å². The van der Waals surface area contributed by atoms with E-state index in [4.69, 9.17) is 5.11 Å². The lowest BCUT2D eigenvalue weighted by atomic mass is 10.1. The number of rotatable bonds is 6. The van der Waals surface area contributed by atoms with Crippen LogP contribution in [0.25, 0.3) is 0 Å². The number of nitrogens with zero attached hydrogens (tertiary/aromatic N) is 1. The van der Waals surface area contributed by atoms with Crippen molar-refractivity contribution < 1.29 is 23.5 Å². The van der Waals surface area contributed by atoms with Gasteiger partial charge in [-0.2, -0.15) is 0 Å². The first kappa shape index (κ1) is 16.0. The Hall–Kier alpha value is -2.02. The molecule has 20 heavy (non-hydrogen) atoms. The second kappa shape index (κ2) is 7.54. The summed E-state index contributed by atoms with van der Waals surface area (Å²) in [5, 5.41) is 11.2. The van der Waals surface area contributed by atoms with E-state index in [0.717, 1.165) is 4.90 Å². The molecule has 0 radical (unpaired) electrons. The van der Waals surface area contributed by atoms with Crippen LogP contribution in [0.4, 0.5) is 19.3 Å². The number of amides is 2. The number of aliphatic hydroxyl groups excluding tert-OH is 1. The molecule has 1 aromatic rings. The maximum Gasteiger partial charge on any atom is 0.322 e. The summed E-state index contributed by atoms with van der Waals surface area (Å²) in [6.45, 7) is 0.0186. The second-order valence-electron chi connectivity index (χ2n) is 4.13. The van der Waals surface area contributed by atoms with Crippen LogP contribution in [0.15, 0.2) is 24.3 Å². The van der Waals surface area contributed by atoms with E-state index < -0.39 is 25.6 Å². The van der Waals surface area contributed by atoms with Crippen LogP contribution in [0.5, 0.6) is 0 Å². The number of carbonyl (C=O) groups is 2. The van der Waals surface area contributed by atoms with Gasteiger partial charge < -0.3 is 15.3 Å². The lowest BCUT2D eigenvalue weighted by Crippen LogP contribution is -2.40. The van der Waals surface area contributed by atoms with Gasteiger partial charge in [-0.1, -0.05) is 12.1 Å². The van der Waals surface area contributed by atoms with E-state index in [9.17, 15) is 18.4 Å². The third-order valence-corrected chi connectivity index (χ3v) is 2.54. The SMILES string of the molecule is CC(=O)c1cccc(NC(=O)N(CCO)CC(F)F)c1. The zero-order chi connectivity index (χ0) is 15.1. The maximum atomic E-state index is 12.3. The van der Waals surface area contributed by atoms with Gasteiger partial charge in [0, 0.05) is 17.8 Å². The number of nitrogens with one attached hydrogen (secondary N) is 1. The standard InChI is InChI=1S/C13H16F2N2O3/c1-9(19)10-3-2-4-11(7-10)16-13(20)17(5-6-18)8-12(14)15/h2-4,7,12,18H,5-6,8H2,1H3,(H,16,20). The summed E-state index contributed by atoms with van der Waals surface area (Å²) < 4.78 is 24.7. The molecule has 0 bridgehead atoms. The van der Waals surface area contributed by atoms with E-state index in [1.807, 2.05) is 0 Å². The summed E-state index contributed by atoms with van der Waals surface area (Å²) in [6.07, 6.45) is -2.68. The molecule has 2 amide bonds. The predicted molar refractivity (Wildman–Crippen MR) is 70.1 cm³/mol. The molecule has 0 fully saturated rings. The van der Waals surface area contributed by atoms with Gasteiger partial charge in [-0.25, -0.2) is 13.6 Å². The quantitative estimate of drug-likeness (QED) is 0.786. The Labute approximate surface area is 115 Å². The van der Waals surface area contributed by atoms with Gasteiger partial charge in [0.15, 0.2) is 5.78 Å². The number of anilines is 1. The number of halogens is 2. The van der Waals surface area contributed by atoms with Gasteiger partial charge in [0.1, 0.15) is 0 Å². The third kappa shape index (κ3) is 4.93. The summed E-state index contributed by atoms with van der Waals surface area (Å²) in [7, 11) is 0. The molecule has 0 aliphatic heterocycles. The summed E-state index contributed by atoms with van der Waals surface area (Å²) in [4.78, 5) is 23.8. The highest BCUT2D eigenvalue weighted by Gasteiger charge is 2.17. The molecule has 0 aromatic heterocycles. The lowest BCUT2D eigenvalue weighted by Gasteiger charge is -2.21. The van der Waals surface area contributed by atoms with Crippen LogP contribution in [0.1, 0.15) is 17.3 Å². The van der Waals surface area contributed by atoms with Crippen molar-refractivity contribution in [3.63, 3.8) is 0 Å². The van der Waals surface area contributed by atoms with Crippen molar-refractivity contribution in [1.82, 2.24) is 4.90 Å². The summed E-state index contributed by atoms with van der Waals surface area (Å²) >= 11 is 0. The van der Waals surface area contributed by atoms with Gasteiger partial charge in [0.2, 0.25) is 0 Å². The Bertz CT molecular complexity index is 480. The molecular formula is C13H16F2N2O3. The molecule has 5 nitrogen and oxygen atoms in total. The summed E-state index contributed by atoms with van der Waals surface area (Å²) in [5.74, 6) is -0.166. The number of urea groups is 1. The van der Waals surface area contributed by atoms with Gasteiger partial charge in [0.25, 0.3) is 6.43 Å².